The van der Waals surface area contributed by atoms with E-state index in [-0.39, 0.29) is 25.1 Å². The summed E-state index contributed by atoms with van der Waals surface area (Å²) in [5.74, 6) is 0.280. The second-order valence-corrected chi connectivity index (χ2v) is 8.56. The largest absolute Gasteiger partial charge is 0.489 e. The van der Waals surface area contributed by atoms with Crippen molar-refractivity contribution in [2.24, 2.45) is 0 Å². The number of carbonyl (C=O) groups is 1. The van der Waals surface area contributed by atoms with Crippen molar-refractivity contribution in [3.8, 4) is 5.75 Å². The molecule has 25 heavy (non-hydrogen) atoms. The van der Waals surface area contributed by atoms with E-state index in [1.165, 1.54) is 15.6 Å². The van der Waals surface area contributed by atoms with Crippen LogP contribution in [0.3, 0.4) is 0 Å². The molecule has 0 aliphatic heterocycles. The van der Waals surface area contributed by atoms with Gasteiger partial charge in [0.25, 0.3) is 5.91 Å². The third kappa shape index (κ3) is 5.47. The summed E-state index contributed by atoms with van der Waals surface area (Å²) in [5.41, 5.74) is 0.462. The van der Waals surface area contributed by atoms with E-state index in [1.54, 1.807) is 36.4 Å². The SMILES string of the molecule is CC(C)Oc1ccccc1N(CCNC(=O)c1cccs1)S(C)(=O)=O. The molecule has 1 amide bonds. The van der Waals surface area contributed by atoms with Gasteiger partial charge < -0.3 is 10.1 Å². The lowest BCUT2D eigenvalue weighted by atomic mass is 10.3. The lowest BCUT2D eigenvalue weighted by Crippen LogP contribution is -2.38. The minimum Gasteiger partial charge on any atom is -0.489 e. The van der Waals surface area contributed by atoms with Crippen molar-refractivity contribution in [2.75, 3.05) is 23.7 Å². The molecular formula is C17H22N2O4S2. The number of para-hydroxylation sites is 2. The standard InChI is InChI=1S/C17H22N2O4S2/c1-13(2)23-15-8-5-4-7-14(15)19(25(3,21)22)11-10-18-17(20)16-9-6-12-24-16/h4-9,12-13H,10-11H2,1-3H3,(H,18,20). The van der Waals surface area contributed by atoms with Gasteiger partial charge in [-0.1, -0.05) is 18.2 Å². The van der Waals surface area contributed by atoms with Crippen LogP contribution in [0.15, 0.2) is 41.8 Å². The van der Waals surface area contributed by atoms with Gasteiger partial charge in [-0.15, -0.1) is 11.3 Å². The summed E-state index contributed by atoms with van der Waals surface area (Å²) < 4.78 is 31.4. The third-order valence-corrected chi connectivity index (χ3v) is 5.29. The minimum atomic E-state index is -3.52. The number of sulfonamides is 1. The zero-order valence-corrected chi connectivity index (χ0v) is 16.1. The monoisotopic (exact) mass is 382 g/mol. The van der Waals surface area contributed by atoms with E-state index in [4.69, 9.17) is 4.74 Å². The molecule has 1 N–H and O–H groups in total. The van der Waals surface area contributed by atoms with Crippen molar-refractivity contribution in [1.82, 2.24) is 5.32 Å². The fourth-order valence-electron chi connectivity index (χ4n) is 2.25. The Morgan fingerprint density at radius 1 is 1.24 bits per heavy atom. The van der Waals surface area contributed by atoms with E-state index >= 15 is 0 Å². The number of amides is 1. The Hall–Kier alpha value is -2.06. The number of carbonyl (C=O) groups excluding carboxylic acids is 1. The van der Waals surface area contributed by atoms with Crippen LogP contribution in [0, 0.1) is 0 Å². The molecule has 136 valence electrons. The van der Waals surface area contributed by atoms with Gasteiger partial charge >= 0.3 is 0 Å². The van der Waals surface area contributed by atoms with Crippen LogP contribution in [-0.2, 0) is 10.0 Å². The highest BCUT2D eigenvalue weighted by Crippen LogP contribution is 2.30. The molecule has 8 heteroatoms. The molecule has 1 aromatic carbocycles. The van der Waals surface area contributed by atoms with Gasteiger partial charge in [0, 0.05) is 6.54 Å². The molecular weight excluding hydrogens is 360 g/mol. The minimum absolute atomic E-state index is 0.0823. The molecule has 0 aliphatic rings. The number of hydrogen-bond acceptors (Lipinski definition) is 5. The topological polar surface area (TPSA) is 75.7 Å². The molecule has 0 fully saturated rings. The molecule has 0 spiro atoms. The summed E-state index contributed by atoms with van der Waals surface area (Å²) in [6.45, 7) is 4.07. The maximum atomic E-state index is 12.2. The van der Waals surface area contributed by atoms with Crippen LogP contribution in [0.5, 0.6) is 5.75 Å². The molecule has 0 bridgehead atoms. The summed E-state index contributed by atoms with van der Waals surface area (Å²) in [6.07, 6.45) is 1.06. The molecule has 0 atom stereocenters. The van der Waals surface area contributed by atoms with Gasteiger partial charge in [-0.25, -0.2) is 8.42 Å². The smallest absolute Gasteiger partial charge is 0.261 e. The normalized spacial score (nSPS) is 11.4. The van der Waals surface area contributed by atoms with E-state index in [9.17, 15) is 13.2 Å². The van der Waals surface area contributed by atoms with Gasteiger partial charge in [0.1, 0.15) is 5.75 Å². The van der Waals surface area contributed by atoms with Gasteiger partial charge in [0.15, 0.2) is 0 Å². The Kier molecular flexibility index (Phi) is 6.44. The van der Waals surface area contributed by atoms with E-state index < -0.39 is 10.0 Å². The first-order chi connectivity index (χ1) is 11.8. The van der Waals surface area contributed by atoms with Crippen molar-refractivity contribution >= 4 is 33.0 Å². The van der Waals surface area contributed by atoms with Crippen LogP contribution in [0.4, 0.5) is 5.69 Å². The van der Waals surface area contributed by atoms with Crippen LogP contribution in [0.25, 0.3) is 0 Å². The maximum Gasteiger partial charge on any atom is 0.261 e. The fourth-order valence-corrected chi connectivity index (χ4v) is 3.82. The lowest BCUT2D eigenvalue weighted by Gasteiger charge is -2.25. The zero-order valence-electron chi connectivity index (χ0n) is 14.4. The van der Waals surface area contributed by atoms with Crippen molar-refractivity contribution in [3.63, 3.8) is 0 Å². The number of anilines is 1. The molecule has 0 saturated carbocycles. The van der Waals surface area contributed by atoms with Gasteiger partial charge in [-0.05, 0) is 37.4 Å². The van der Waals surface area contributed by atoms with E-state index in [1.807, 2.05) is 19.2 Å². The van der Waals surface area contributed by atoms with Crippen LogP contribution in [-0.4, -0.2) is 39.8 Å². The second kappa shape index (κ2) is 8.35. The average molecular weight is 383 g/mol. The van der Waals surface area contributed by atoms with Crippen molar-refractivity contribution in [1.29, 1.82) is 0 Å². The van der Waals surface area contributed by atoms with E-state index in [0.29, 0.717) is 16.3 Å². The number of rotatable bonds is 8. The quantitative estimate of drug-likeness (QED) is 0.762. The average Bonchev–Trinajstić information content (AvgIpc) is 3.05. The number of ether oxygens (including phenoxy) is 1. The highest BCUT2D eigenvalue weighted by molar-refractivity contribution is 7.92. The Balaban J connectivity index is 2.14. The lowest BCUT2D eigenvalue weighted by molar-refractivity contribution is 0.0959. The predicted molar refractivity (Wildman–Crippen MR) is 101 cm³/mol. The summed E-state index contributed by atoms with van der Waals surface area (Å²) >= 11 is 1.34. The summed E-state index contributed by atoms with van der Waals surface area (Å²) in [4.78, 5) is 12.6. The van der Waals surface area contributed by atoms with Crippen LogP contribution in [0.2, 0.25) is 0 Å². The predicted octanol–water partition coefficient (Wildman–Crippen LogP) is 2.73. The first-order valence-electron chi connectivity index (χ1n) is 7.84. The molecule has 2 rings (SSSR count). The molecule has 1 aromatic heterocycles. The molecule has 0 unspecified atom stereocenters. The fraction of sp³-hybridized carbons (Fsp3) is 0.353. The van der Waals surface area contributed by atoms with Gasteiger partial charge in [-0.2, -0.15) is 0 Å². The molecule has 0 saturated heterocycles. The van der Waals surface area contributed by atoms with Crippen molar-refractivity contribution in [2.45, 2.75) is 20.0 Å². The highest BCUT2D eigenvalue weighted by atomic mass is 32.2. The van der Waals surface area contributed by atoms with E-state index in [2.05, 4.69) is 5.32 Å². The zero-order chi connectivity index (χ0) is 18.4. The highest BCUT2D eigenvalue weighted by Gasteiger charge is 2.21. The number of hydrogen-bond donors (Lipinski definition) is 1. The first kappa shape index (κ1) is 19.3. The molecule has 0 aliphatic carbocycles. The van der Waals surface area contributed by atoms with E-state index in [0.717, 1.165) is 6.26 Å². The Labute approximate surface area is 152 Å². The van der Waals surface area contributed by atoms with Crippen molar-refractivity contribution in [3.05, 3.63) is 46.7 Å². The molecule has 6 nitrogen and oxygen atoms in total. The first-order valence-corrected chi connectivity index (χ1v) is 10.6. The summed E-state index contributed by atoms with van der Waals surface area (Å²) in [7, 11) is -3.52. The second-order valence-electron chi connectivity index (χ2n) is 5.70. The Bertz CT molecular complexity index is 802. The molecule has 0 radical (unpaired) electrons. The van der Waals surface area contributed by atoms with Gasteiger partial charge in [0.05, 0.1) is 29.5 Å². The Morgan fingerprint density at radius 3 is 2.56 bits per heavy atom. The van der Waals surface area contributed by atoms with Crippen LogP contribution >= 0.6 is 11.3 Å². The number of benzene rings is 1. The summed E-state index contributed by atoms with van der Waals surface area (Å²) in [6, 6.07) is 10.5. The molecule has 2 aromatic rings. The third-order valence-electron chi connectivity index (χ3n) is 3.24. The number of thiophene rings is 1. The number of nitrogens with zero attached hydrogens (tertiary/aromatic N) is 1. The van der Waals surface area contributed by atoms with Gasteiger partial charge in [0.2, 0.25) is 10.0 Å². The maximum absolute atomic E-state index is 12.2. The Morgan fingerprint density at radius 2 is 1.96 bits per heavy atom. The number of nitrogens with one attached hydrogen (secondary N) is 1. The summed E-state index contributed by atoms with van der Waals surface area (Å²) in [5, 5.41) is 4.56. The van der Waals surface area contributed by atoms with Crippen molar-refractivity contribution < 1.29 is 17.9 Å². The van der Waals surface area contributed by atoms with Crippen LogP contribution < -0.4 is 14.4 Å². The van der Waals surface area contributed by atoms with Gasteiger partial charge in [-0.3, -0.25) is 9.10 Å². The van der Waals surface area contributed by atoms with Crippen LogP contribution in [0.1, 0.15) is 23.5 Å². The molecule has 1 heterocycles.